The van der Waals surface area contributed by atoms with Gasteiger partial charge in [-0.15, -0.1) is 19.7 Å². The molecule has 0 saturated carbocycles. The van der Waals surface area contributed by atoms with Crippen LogP contribution in [0.2, 0.25) is 0 Å². The van der Waals surface area contributed by atoms with Crippen LogP contribution in [0.5, 0.6) is 0 Å². The van der Waals surface area contributed by atoms with Gasteiger partial charge in [0.25, 0.3) is 0 Å². The van der Waals surface area contributed by atoms with Crippen molar-refractivity contribution in [3.63, 3.8) is 0 Å². The third-order valence-electron chi connectivity index (χ3n) is 3.06. The topological polar surface area (TPSA) is 9.23 Å². The maximum atomic E-state index is 5.59. The molecule has 1 rings (SSSR count). The van der Waals surface area contributed by atoms with Crippen LogP contribution in [0.15, 0.2) is 50.1 Å². The van der Waals surface area contributed by atoms with E-state index in [4.69, 9.17) is 4.74 Å². The Morgan fingerprint density at radius 1 is 1.09 bits per heavy atom. The molecule has 0 spiro atoms. The maximum Gasteiger partial charge on any atom is 0.0716 e. The predicted octanol–water partition coefficient (Wildman–Crippen LogP) is 6.54. The molecule has 1 nitrogen and oxygen atoms in total. The molecule has 128 valence electrons. The lowest BCUT2D eigenvalue weighted by Crippen LogP contribution is -1.94. The van der Waals surface area contributed by atoms with Gasteiger partial charge in [-0.2, -0.15) is 0 Å². The smallest absolute Gasteiger partial charge is 0.0716 e. The molecule has 1 heteroatoms. The molecule has 0 N–H and O–H groups in total. The second-order valence-corrected chi connectivity index (χ2v) is 4.94. The summed E-state index contributed by atoms with van der Waals surface area (Å²) in [5.74, 6) is 6.43. The summed E-state index contributed by atoms with van der Waals surface area (Å²) in [4.78, 5) is 0. The molecule has 0 atom stereocenters. The van der Waals surface area contributed by atoms with Gasteiger partial charge in [0.2, 0.25) is 0 Å². The zero-order chi connectivity index (χ0) is 16.5. The summed E-state index contributed by atoms with van der Waals surface area (Å²) in [5.41, 5.74) is 2.31. The van der Waals surface area contributed by atoms with Crippen molar-refractivity contribution >= 4 is 0 Å². The maximum absolute atomic E-state index is 5.59. The lowest BCUT2D eigenvalue weighted by molar-refractivity contribution is 0.118. The van der Waals surface area contributed by atoms with E-state index in [-0.39, 0.29) is 7.43 Å². The molecule has 0 aliphatic carbocycles. The van der Waals surface area contributed by atoms with E-state index in [2.05, 4.69) is 62.8 Å². The van der Waals surface area contributed by atoms with Crippen molar-refractivity contribution < 1.29 is 4.74 Å². The van der Waals surface area contributed by atoms with Crippen molar-refractivity contribution in [1.29, 1.82) is 0 Å². The second kappa shape index (κ2) is 18.3. The summed E-state index contributed by atoms with van der Waals surface area (Å²) < 4.78 is 5.59. The lowest BCUT2D eigenvalue weighted by atomic mass is 10.1. The summed E-state index contributed by atoms with van der Waals surface area (Å²) >= 11 is 0. The fraction of sp³-hybridized carbons (Fsp3) is 0.455. The van der Waals surface area contributed by atoms with Crippen LogP contribution in [0.3, 0.4) is 0 Å². The Balaban J connectivity index is 0. The third kappa shape index (κ3) is 13.6. The normalized spacial score (nSPS) is 8.74. The van der Waals surface area contributed by atoms with Crippen LogP contribution in [0, 0.1) is 11.8 Å². The van der Waals surface area contributed by atoms with Crippen LogP contribution in [0.25, 0.3) is 0 Å². The Kier molecular flexibility index (Phi) is 18.7. The summed E-state index contributed by atoms with van der Waals surface area (Å²) in [5, 5.41) is 0. The van der Waals surface area contributed by atoms with Crippen molar-refractivity contribution in [3.05, 3.63) is 61.2 Å². The first-order valence-corrected chi connectivity index (χ1v) is 8.13. The highest BCUT2D eigenvalue weighted by atomic mass is 16.5. The molecule has 1 aromatic rings. The fourth-order valence-corrected chi connectivity index (χ4v) is 1.79. The Morgan fingerprint density at radius 3 is 2.39 bits per heavy atom. The molecule has 0 aliphatic heterocycles. The fourth-order valence-electron chi connectivity index (χ4n) is 1.79. The molecule has 0 bridgehead atoms. The molecular weight excluding hydrogens is 280 g/mol. The van der Waals surface area contributed by atoms with Gasteiger partial charge in [0.1, 0.15) is 0 Å². The summed E-state index contributed by atoms with van der Waals surface area (Å²) in [6, 6.07) is 8.37. The van der Waals surface area contributed by atoms with E-state index >= 15 is 0 Å². The average molecular weight is 315 g/mol. The number of ether oxygens (including phenoxy) is 1. The molecule has 0 aliphatic rings. The van der Waals surface area contributed by atoms with Gasteiger partial charge in [-0.05, 0) is 43.4 Å². The van der Waals surface area contributed by atoms with Gasteiger partial charge in [0.05, 0.1) is 6.61 Å². The Hall–Kier alpha value is -1.78. The van der Waals surface area contributed by atoms with Gasteiger partial charge in [-0.25, -0.2) is 0 Å². The molecule has 0 fully saturated rings. The van der Waals surface area contributed by atoms with Crippen LogP contribution < -0.4 is 0 Å². The van der Waals surface area contributed by atoms with Gasteiger partial charge in [-0.3, -0.25) is 0 Å². The quantitative estimate of drug-likeness (QED) is 0.286. The van der Waals surface area contributed by atoms with E-state index in [1.807, 2.05) is 6.08 Å². The first-order chi connectivity index (χ1) is 10.9. The third-order valence-corrected chi connectivity index (χ3v) is 3.06. The number of rotatable bonds is 9. The molecule has 0 unspecified atom stereocenters. The summed E-state index contributed by atoms with van der Waals surface area (Å²) in [7, 11) is 0. The Bertz CT molecular complexity index is 433. The molecular formula is C22H34O. The Labute approximate surface area is 144 Å². The number of hydrogen-bond acceptors (Lipinski definition) is 1. The Morgan fingerprint density at radius 2 is 1.78 bits per heavy atom. The van der Waals surface area contributed by atoms with Gasteiger partial charge in [0, 0.05) is 18.6 Å². The van der Waals surface area contributed by atoms with Crippen molar-refractivity contribution in [1.82, 2.24) is 0 Å². The van der Waals surface area contributed by atoms with Crippen LogP contribution >= 0.6 is 0 Å². The highest BCUT2D eigenvalue weighted by Crippen LogP contribution is 2.06. The first kappa shape index (κ1) is 23.5. The van der Waals surface area contributed by atoms with E-state index < -0.39 is 0 Å². The highest BCUT2D eigenvalue weighted by molar-refractivity contribution is 5.35. The number of unbranched alkanes of at least 4 members (excludes halogenated alkanes) is 4. The van der Waals surface area contributed by atoms with Crippen LogP contribution in [-0.2, 0) is 11.3 Å². The van der Waals surface area contributed by atoms with Gasteiger partial charge in [-0.1, -0.05) is 50.8 Å². The SMILES string of the molecule is C.C=C.C=CCCCCC#Cc1ccc(COCCCC)cc1. The van der Waals surface area contributed by atoms with E-state index in [0.29, 0.717) is 6.61 Å². The lowest BCUT2D eigenvalue weighted by Gasteiger charge is -2.03. The number of hydrogen-bond donors (Lipinski definition) is 0. The van der Waals surface area contributed by atoms with Gasteiger partial charge < -0.3 is 4.74 Å². The number of benzene rings is 1. The zero-order valence-electron chi connectivity index (χ0n) is 14.1. The summed E-state index contributed by atoms with van der Waals surface area (Å²) in [6.45, 7) is 13.4. The van der Waals surface area contributed by atoms with Crippen molar-refractivity contribution in [3.8, 4) is 11.8 Å². The summed E-state index contributed by atoms with van der Waals surface area (Å²) in [6.07, 6.45) is 8.68. The first-order valence-electron chi connectivity index (χ1n) is 8.13. The largest absolute Gasteiger partial charge is 0.377 e. The molecule has 0 radical (unpaired) electrons. The van der Waals surface area contributed by atoms with Gasteiger partial charge in [0.15, 0.2) is 0 Å². The second-order valence-electron chi connectivity index (χ2n) is 4.94. The molecule has 23 heavy (non-hydrogen) atoms. The molecule has 0 amide bonds. The highest BCUT2D eigenvalue weighted by Gasteiger charge is 1.93. The van der Waals surface area contributed by atoms with E-state index in [0.717, 1.165) is 37.9 Å². The van der Waals surface area contributed by atoms with Crippen molar-refractivity contribution in [2.75, 3.05) is 6.61 Å². The van der Waals surface area contributed by atoms with E-state index in [1.165, 1.54) is 18.4 Å². The van der Waals surface area contributed by atoms with Crippen LogP contribution in [0.1, 0.15) is 64.0 Å². The standard InChI is InChI=1S/C19H26O.C2H4.CH4/c1-3-5-7-8-9-10-11-18-12-14-19(15-13-18)17-20-16-6-4-2;1-2;/h3,12-15H,1,4-9,16-17H2,2H3;1-2H2;1H4. The number of allylic oxidation sites excluding steroid dienone is 1. The van der Waals surface area contributed by atoms with E-state index in [9.17, 15) is 0 Å². The molecule has 0 saturated heterocycles. The molecule has 1 aromatic carbocycles. The van der Waals surface area contributed by atoms with Gasteiger partial charge >= 0.3 is 0 Å². The monoisotopic (exact) mass is 314 g/mol. The molecule has 0 heterocycles. The average Bonchev–Trinajstić information content (AvgIpc) is 2.58. The van der Waals surface area contributed by atoms with Crippen molar-refractivity contribution in [2.45, 2.75) is 59.5 Å². The minimum Gasteiger partial charge on any atom is -0.377 e. The minimum absolute atomic E-state index is 0. The zero-order valence-corrected chi connectivity index (χ0v) is 14.1. The van der Waals surface area contributed by atoms with Crippen molar-refractivity contribution in [2.24, 2.45) is 0 Å². The van der Waals surface area contributed by atoms with Crippen LogP contribution in [-0.4, -0.2) is 6.61 Å². The van der Waals surface area contributed by atoms with E-state index in [1.54, 1.807) is 0 Å². The molecule has 0 aromatic heterocycles. The minimum atomic E-state index is 0. The predicted molar refractivity (Wildman–Crippen MR) is 105 cm³/mol. The van der Waals surface area contributed by atoms with Crippen LogP contribution in [0.4, 0.5) is 0 Å².